The quantitative estimate of drug-likeness (QED) is 0.465. The largest absolute Gasteiger partial charge is 0.451 e. The topological polar surface area (TPSA) is 51.6 Å². The van der Waals surface area contributed by atoms with E-state index in [-0.39, 0.29) is 11.0 Å². The molecule has 4 rings (SSSR count). The Kier molecular flexibility index (Phi) is 2.18. The summed E-state index contributed by atoms with van der Waals surface area (Å²) in [6.07, 6.45) is -4.57. The van der Waals surface area contributed by atoms with Gasteiger partial charge in [0.25, 0.3) is 0 Å². The second-order valence-corrected chi connectivity index (χ2v) is 4.77. The lowest BCUT2D eigenvalue weighted by atomic mass is 10.0. The van der Waals surface area contributed by atoms with Gasteiger partial charge in [0.2, 0.25) is 5.82 Å². The minimum atomic E-state index is -4.57. The molecule has 7 heteroatoms. The van der Waals surface area contributed by atoms with E-state index in [0.29, 0.717) is 27.6 Å². The first-order valence-electron chi connectivity index (χ1n) is 6.18. The van der Waals surface area contributed by atoms with Crippen LogP contribution >= 0.6 is 0 Å². The normalized spacial score (nSPS) is 12.8. The van der Waals surface area contributed by atoms with Crippen molar-refractivity contribution in [2.75, 3.05) is 0 Å². The van der Waals surface area contributed by atoms with Gasteiger partial charge >= 0.3 is 6.18 Å². The lowest BCUT2D eigenvalue weighted by Gasteiger charge is -2.11. The number of hydrogen-bond donors (Lipinski definition) is 0. The van der Waals surface area contributed by atoms with Gasteiger partial charge in [-0.1, -0.05) is 0 Å². The van der Waals surface area contributed by atoms with Gasteiger partial charge in [-0.3, -0.25) is 0 Å². The highest BCUT2D eigenvalue weighted by Crippen LogP contribution is 2.34. The monoisotopic (exact) mass is 288 g/mol. The van der Waals surface area contributed by atoms with Crippen LogP contribution in [0.1, 0.15) is 11.6 Å². The molecule has 104 valence electrons. The Morgan fingerprint density at radius 1 is 0.714 bits per heavy atom. The van der Waals surface area contributed by atoms with Crippen molar-refractivity contribution in [3.8, 4) is 0 Å². The molecule has 2 aromatic heterocycles. The van der Waals surface area contributed by atoms with Crippen LogP contribution in [0, 0.1) is 6.92 Å². The molecule has 0 amide bonds. The van der Waals surface area contributed by atoms with Gasteiger partial charge in [-0.25, -0.2) is 19.9 Å². The number of aryl methyl sites for hydroxylation is 1. The number of halogens is 3. The fourth-order valence-corrected chi connectivity index (χ4v) is 2.55. The standard InChI is InChI=1S/C14H7F3N4/c1-6-18-7-2-4-9-12-10(5-3-8(19-6)11(7)12)21-13(20-9)14(15,16)17/h2-5H,1H3. The Hall–Kier alpha value is -2.57. The van der Waals surface area contributed by atoms with Crippen molar-refractivity contribution < 1.29 is 13.2 Å². The molecule has 0 fully saturated rings. The van der Waals surface area contributed by atoms with E-state index >= 15 is 0 Å². The van der Waals surface area contributed by atoms with Crippen molar-refractivity contribution in [2.24, 2.45) is 0 Å². The van der Waals surface area contributed by atoms with Gasteiger partial charge in [0.1, 0.15) is 5.82 Å². The van der Waals surface area contributed by atoms with E-state index in [1.807, 2.05) is 0 Å². The number of alkyl halides is 3. The molecule has 4 nitrogen and oxygen atoms in total. The molecule has 0 aliphatic rings. The first-order chi connectivity index (χ1) is 9.93. The SMILES string of the molecule is Cc1nc2ccc3nc(C(F)(F)F)nc4ccc(n1)c2c34. The molecule has 2 heterocycles. The zero-order valence-electron chi connectivity index (χ0n) is 10.7. The smallest absolute Gasteiger partial charge is 0.233 e. The number of rotatable bonds is 0. The summed E-state index contributed by atoms with van der Waals surface area (Å²) < 4.78 is 38.5. The average Bonchev–Trinajstić information content (AvgIpc) is 2.42. The predicted molar refractivity (Wildman–Crippen MR) is 71.1 cm³/mol. The predicted octanol–water partition coefficient (Wildman–Crippen LogP) is 3.49. The molecule has 0 radical (unpaired) electrons. The molecule has 0 unspecified atom stereocenters. The summed E-state index contributed by atoms with van der Waals surface area (Å²) in [4.78, 5) is 15.9. The molecule has 0 bridgehead atoms. The van der Waals surface area contributed by atoms with Crippen LogP contribution in [0.5, 0.6) is 0 Å². The highest BCUT2D eigenvalue weighted by molar-refractivity contribution is 6.19. The first-order valence-corrected chi connectivity index (χ1v) is 6.18. The lowest BCUT2D eigenvalue weighted by molar-refractivity contribution is -0.144. The maximum absolute atomic E-state index is 12.8. The first kappa shape index (κ1) is 12.2. The maximum Gasteiger partial charge on any atom is 0.451 e. The second-order valence-electron chi connectivity index (χ2n) is 4.77. The summed E-state index contributed by atoms with van der Waals surface area (Å²) in [6.45, 7) is 1.77. The van der Waals surface area contributed by atoms with Gasteiger partial charge in [-0.2, -0.15) is 13.2 Å². The van der Waals surface area contributed by atoms with Crippen LogP contribution in [-0.2, 0) is 6.18 Å². The Morgan fingerprint density at radius 3 is 1.48 bits per heavy atom. The van der Waals surface area contributed by atoms with E-state index in [1.54, 1.807) is 19.1 Å². The lowest BCUT2D eigenvalue weighted by Crippen LogP contribution is -2.11. The van der Waals surface area contributed by atoms with E-state index in [2.05, 4.69) is 19.9 Å². The third-order valence-corrected chi connectivity index (χ3v) is 3.34. The molecular weight excluding hydrogens is 281 g/mol. The van der Waals surface area contributed by atoms with Crippen LogP contribution in [0.3, 0.4) is 0 Å². The van der Waals surface area contributed by atoms with Gasteiger partial charge in [-0.15, -0.1) is 0 Å². The molecule has 4 aromatic rings. The fourth-order valence-electron chi connectivity index (χ4n) is 2.55. The Balaban J connectivity index is 2.23. The van der Waals surface area contributed by atoms with Gasteiger partial charge in [0.15, 0.2) is 0 Å². The molecule has 0 N–H and O–H groups in total. The number of nitrogens with zero attached hydrogens (tertiary/aromatic N) is 4. The highest BCUT2D eigenvalue weighted by Gasteiger charge is 2.35. The van der Waals surface area contributed by atoms with Crippen molar-refractivity contribution in [3.05, 3.63) is 35.9 Å². The van der Waals surface area contributed by atoms with Crippen molar-refractivity contribution in [1.82, 2.24) is 19.9 Å². The van der Waals surface area contributed by atoms with Crippen LogP contribution in [-0.4, -0.2) is 19.9 Å². The summed E-state index contributed by atoms with van der Waals surface area (Å²) in [5.74, 6) is -0.525. The van der Waals surface area contributed by atoms with Crippen molar-refractivity contribution >= 4 is 32.8 Å². The van der Waals surface area contributed by atoms with Crippen LogP contribution in [0.2, 0.25) is 0 Å². The van der Waals surface area contributed by atoms with Crippen LogP contribution in [0.25, 0.3) is 32.8 Å². The molecule has 0 saturated heterocycles. The molecule has 21 heavy (non-hydrogen) atoms. The van der Waals surface area contributed by atoms with Gasteiger partial charge in [0.05, 0.1) is 22.1 Å². The van der Waals surface area contributed by atoms with E-state index in [4.69, 9.17) is 0 Å². The van der Waals surface area contributed by atoms with E-state index in [9.17, 15) is 13.2 Å². The average molecular weight is 288 g/mol. The zero-order chi connectivity index (χ0) is 14.8. The molecular formula is C14H7F3N4. The number of aromatic nitrogens is 4. The molecule has 0 spiro atoms. The number of benzene rings is 2. The van der Waals surface area contributed by atoms with Gasteiger partial charge < -0.3 is 0 Å². The summed E-state index contributed by atoms with van der Waals surface area (Å²) in [7, 11) is 0. The van der Waals surface area contributed by atoms with Crippen LogP contribution in [0.4, 0.5) is 13.2 Å². The van der Waals surface area contributed by atoms with E-state index < -0.39 is 12.0 Å². The Bertz CT molecular complexity index is 927. The molecule has 0 aliphatic heterocycles. The minimum absolute atomic E-state index is 0.248. The maximum atomic E-state index is 12.8. The third kappa shape index (κ3) is 1.70. The zero-order valence-corrected chi connectivity index (χ0v) is 10.7. The van der Waals surface area contributed by atoms with Gasteiger partial charge in [-0.05, 0) is 31.2 Å². The minimum Gasteiger partial charge on any atom is -0.233 e. The van der Waals surface area contributed by atoms with E-state index in [0.717, 1.165) is 0 Å². The number of hydrogen-bond acceptors (Lipinski definition) is 4. The van der Waals surface area contributed by atoms with Crippen molar-refractivity contribution in [3.63, 3.8) is 0 Å². The van der Waals surface area contributed by atoms with Crippen LogP contribution < -0.4 is 0 Å². The fraction of sp³-hybridized carbons (Fsp3) is 0.143. The summed E-state index contributed by atoms with van der Waals surface area (Å²) in [6, 6.07) is 6.39. The van der Waals surface area contributed by atoms with Gasteiger partial charge in [0, 0.05) is 10.8 Å². The summed E-state index contributed by atoms with van der Waals surface area (Å²) in [5.41, 5.74) is 1.86. The Labute approximate surface area is 116 Å². The molecule has 0 aliphatic carbocycles. The summed E-state index contributed by atoms with van der Waals surface area (Å²) in [5, 5.41) is 1.27. The highest BCUT2D eigenvalue weighted by atomic mass is 19.4. The van der Waals surface area contributed by atoms with Crippen molar-refractivity contribution in [1.29, 1.82) is 0 Å². The van der Waals surface area contributed by atoms with Crippen LogP contribution in [0.15, 0.2) is 24.3 Å². The second kappa shape index (κ2) is 3.75. The molecule has 2 aromatic carbocycles. The third-order valence-electron chi connectivity index (χ3n) is 3.34. The molecule has 0 atom stereocenters. The molecule has 0 saturated carbocycles. The van der Waals surface area contributed by atoms with Crippen molar-refractivity contribution in [2.45, 2.75) is 13.1 Å². The van der Waals surface area contributed by atoms with E-state index in [1.165, 1.54) is 12.1 Å². The Morgan fingerprint density at radius 2 is 1.10 bits per heavy atom. The summed E-state index contributed by atoms with van der Waals surface area (Å²) >= 11 is 0.